The van der Waals surface area contributed by atoms with Gasteiger partial charge in [-0.15, -0.1) is 11.8 Å². The Bertz CT molecular complexity index is 787. The van der Waals surface area contributed by atoms with E-state index in [0.717, 1.165) is 0 Å². The fourth-order valence-corrected chi connectivity index (χ4v) is 4.38. The van der Waals surface area contributed by atoms with Crippen LogP contribution in [-0.2, 0) is 25.3 Å². The lowest BCUT2D eigenvalue weighted by Gasteiger charge is -2.21. The molecule has 2 heterocycles. The first-order chi connectivity index (χ1) is 11.5. The minimum absolute atomic E-state index is 0.291. The van der Waals surface area contributed by atoms with Crippen LogP contribution in [0.1, 0.15) is 12.5 Å². The second kappa shape index (κ2) is 6.94. The molecule has 0 radical (unpaired) electrons. The van der Waals surface area contributed by atoms with Gasteiger partial charge < -0.3 is 14.2 Å². The minimum atomic E-state index is -3.88. The Balaban J connectivity index is 1.76. The van der Waals surface area contributed by atoms with Crippen molar-refractivity contribution < 1.29 is 27.4 Å². The lowest BCUT2D eigenvalue weighted by atomic mass is 10.2. The summed E-state index contributed by atoms with van der Waals surface area (Å²) in [5.74, 6) is 0.926. The second-order valence-electron chi connectivity index (χ2n) is 5.21. The van der Waals surface area contributed by atoms with Crippen LogP contribution in [0.4, 0.5) is 0 Å². The molecule has 2 aliphatic heterocycles. The van der Waals surface area contributed by atoms with Crippen LogP contribution in [-0.4, -0.2) is 39.9 Å². The Morgan fingerprint density at radius 2 is 2.00 bits per heavy atom. The number of sulfonamides is 1. The van der Waals surface area contributed by atoms with Gasteiger partial charge in [0.25, 0.3) is 5.91 Å². The Morgan fingerprint density at radius 1 is 1.21 bits per heavy atom. The zero-order chi connectivity index (χ0) is 17.2. The van der Waals surface area contributed by atoms with Gasteiger partial charge in [-0.2, -0.15) is 0 Å². The summed E-state index contributed by atoms with van der Waals surface area (Å²) in [6, 6.07) is 5.05. The summed E-state index contributed by atoms with van der Waals surface area (Å²) in [5.41, 5.74) is 0.450. The molecule has 9 heteroatoms. The molecule has 0 bridgehead atoms. The first-order valence-electron chi connectivity index (χ1n) is 7.35. The van der Waals surface area contributed by atoms with Gasteiger partial charge >= 0.3 is 0 Å². The molecule has 24 heavy (non-hydrogen) atoms. The van der Waals surface area contributed by atoms with Crippen molar-refractivity contribution in [1.82, 2.24) is 4.72 Å². The molecule has 1 amide bonds. The third-order valence-corrected chi connectivity index (χ3v) is 5.74. The number of carbonyl (C=O) groups excluding carboxylic acids is 1. The van der Waals surface area contributed by atoms with Crippen LogP contribution >= 0.6 is 11.8 Å². The van der Waals surface area contributed by atoms with Crippen LogP contribution in [0.5, 0.6) is 11.5 Å². The number of fused-ring (bicyclic) bond motifs is 1. The molecule has 2 aliphatic rings. The molecule has 1 aromatic carbocycles. The van der Waals surface area contributed by atoms with Crippen molar-refractivity contribution in [3.8, 4) is 11.5 Å². The lowest BCUT2D eigenvalue weighted by Crippen LogP contribution is -2.33. The van der Waals surface area contributed by atoms with Crippen LogP contribution < -0.4 is 14.2 Å². The van der Waals surface area contributed by atoms with Gasteiger partial charge in [-0.05, 0) is 13.0 Å². The smallest absolute Gasteiger partial charge is 0.274 e. The fraction of sp³-hybridized carbons (Fsp3) is 0.400. The third-order valence-electron chi connectivity index (χ3n) is 3.42. The molecule has 130 valence electrons. The van der Waals surface area contributed by atoms with E-state index in [9.17, 15) is 13.2 Å². The van der Waals surface area contributed by atoms with Gasteiger partial charge in [0, 0.05) is 11.3 Å². The number of nitrogens with one attached hydrogen (secondary N) is 1. The molecule has 1 N–H and O–H groups in total. The molecule has 0 saturated heterocycles. The molecule has 3 rings (SSSR count). The monoisotopic (exact) mass is 371 g/mol. The second-order valence-corrected chi connectivity index (χ2v) is 8.04. The zero-order valence-electron chi connectivity index (χ0n) is 13.0. The highest BCUT2D eigenvalue weighted by Gasteiger charge is 2.25. The van der Waals surface area contributed by atoms with Gasteiger partial charge in [0.2, 0.25) is 10.0 Å². The maximum Gasteiger partial charge on any atom is 0.274 e. The summed E-state index contributed by atoms with van der Waals surface area (Å²) >= 11 is 1.28. The summed E-state index contributed by atoms with van der Waals surface area (Å²) in [4.78, 5) is 12.5. The highest BCUT2D eigenvalue weighted by molar-refractivity contribution is 8.04. The average molecular weight is 371 g/mol. The van der Waals surface area contributed by atoms with Crippen molar-refractivity contribution in [3.63, 3.8) is 0 Å². The molecule has 0 atom stereocenters. The highest BCUT2D eigenvalue weighted by Crippen LogP contribution is 2.34. The number of amides is 1. The molecule has 1 aromatic rings. The maximum atomic E-state index is 12.3. The SMILES string of the molecule is CC1=C(C(=O)NS(=O)(=O)Cc2cccc3c2OCCO3)SCCO1. The average Bonchev–Trinajstić information content (AvgIpc) is 2.55. The van der Waals surface area contributed by atoms with E-state index in [2.05, 4.69) is 4.72 Å². The highest BCUT2D eigenvalue weighted by atomic mass is 32.2. The summed E-state index contributed by atoms with van der Waals surface area (Å²) in [6.07, 6.45) is 0. The maximum absolute atomic E-state index is 12.3. The summed E-state index contributed by atoms with van der Waals surface area (Å²) in [5, 5.41) is 0. The number of benzene rings is 1. The van der Waals surface area contributed by atoms with Crippen molar-refractivity contribution >= 4 is 27.7 Å². The van der Waals surface area contributed by atoms with Crippen molar-refractivity contribution in [1.29, 1.82) is 0 Å². The zero-order valence-corrected chi connectivity index (χ0v) is 14.7. The number of carbonyl (C=O) groups is 1. The number of rotatable bonds is 4. The predicted molar refractivity (Wildman–Crippen MR) is 89.3 cm³/mol. The van der Waals surface area contributed by atoms with E-state index in [4.69, 9.17) is 14.2 Å². The van der Waals surface area contributed by atoms with E-state index in [1.807, 2.05) is 0 Å². The van der Waals surface area contributed by atoms with Gasteiger partial charge in [-0.1, -0.05) is 12.1 Å². The number of hydrogen-bond donors (Lipinski definition) is 1. The van der Waals surface area contributed by atoms with Crippen molar-refractivity contribution in [3.05, 3.63) is 34.4 Å². The van der Waals surface area contributed by atoms with E-state index >= 15 is 0 Å². The molecule has 0 unspecified atom stereocenters. The standard InChI is InChI=1S/C15H17NO6S2/c1-10-14(23-8-7-20-10)15(17)16-24(18,19)9-11-3-2-4-12-13(11)22-6-5-21-12/h2-4H,5-9H2,1H3,(H,16,17). The number of thioether (sulfide) groups is 1. The van der Waals surface area contributed by atoms with E-state index in [-0.39, 0.29) is 5.75 Å². The van der Waals surface area contributed by atoms with E-state index in [1.54, 1.807) is 25.1 Å². The normalized spacial score (nSPS) is 17.2. The largest absolute Gasteiger partial charge is 0.496 e. The van der Waals surface area contributed by atoms with Crippen LogP contribution in [0.25, 0.3) is 0 Å². The molecule has 0 saturated carbocycles. The molecule has 7 nitrogen and oxygen atoms in total. The Hall–Kier alpha value is -1.87. The summed E-state index contributed by atoms with van der Waals surface area (Å²) < 4.78 is 43.0. The van der Waals surface area contributed by atoms with Crippen molar-refractivity contribution in [2.75, 3.05) is 25.6 Å². The van der Waals surface area contributed by atoms with Crippen molar-refractivity contribution in [2.24, 2.45) is 0 Å². The van der Waals surface area contributed by atoms with Gasteiger partial charge in [-0.25, -0.2) is 13.1 Å². The quantitative estimate of drug-likeness (QED) is 0.855. The van der Waals surface area contributed by atoms with Gasteiger partial charge in [-0.3, -0.25) is 4.79 Å². The number of ether oxygens (including phenoxy) is 3. The molecule has 0 spiro atoms. The number of allylic oxidation sites excluding steroid dienone is 1. The summed E-state index contributed by atoms with van der Waals surface area (Å²) in [6.45, 7) is 2.93. The van der Waals surface area contributed by atoms with E-state index in [0.29, 0.717) is 53.3 Å². The first-order valence-corrected chi connectivity index (χ1v) is 9.99. The van der Waals surface area contributed by atoms with E-state index in [1.165, 1.54) is 11.8 Å². The first kappa shape index (κ1) is 17.0. The van der Waals surface area contributed by atoms with Gasteiger partial charge in [0.1, 0.15) is 23.9 Å². The van der Waals surface area contributed by atoms with Crippen LogP contribution in [0.3, 0.4) is 0 Å². The molecular weight excluding hydrogens is 354 g/mol. The van der Waals surface area contributed by atoms with Crippen LogP contribution in [0.15, 0.2) is 28.9 Å². The molecule has 0 aromatic heterocycles. The molecule has 0 aliphatic carbocycles. The van der Waals surface area contributed by atoms with E-state index < -0.39 is 15.9 Å². The Labute approximate surface area is 144 Å². The van der Waals surface area contributed by atoms with Gasteiger partial charge in [0.05, 0.1) is 12.4 Å². The topological polar surface area (TPSA) is 90.9 Å². The van der Waals surface area contributed by atoms with Gasteiger partial charge in [0.15, 0.2) is 11.5 Å². The predicted octanol–water partition coefficient (Wildman–Crippen LogP) is 1.40. The molecular formula is C15H17NO6S2. The van der Waals surface area contributed by atoms with Crippen LogP contribution in [0.2, 0.25) is 0 Å². The third kappa shape index (κ3) is 3.78. The Kier molecular flexibility index (Phi) is 4.91. The Morgan fingerprint density at radius 3 is 2.79 bits per heavy atom. The minimum Gasteiger partial charge on any atom is -0.496 e. The fourth-order valence-electron chi connectivity index (χ4n) is 2.41. The lowest BCUT2D eigenvalue weighted by molar-refractivity contribution is -0.115. The van der Waals surface area contributed by atoms with Crippen LogP contribution in [0, 0.1) is 0 Å². The number of para-hydroxylation sites is 1. The van der Waals surface area contributed by atoms with Crippen molar-refractivity contribution in [2.45, 2.75) is 12.7 Å². The number of hydrogen-bond acceptors (Lipinski definition) is 7. The molecule has 0 fully saturated rings. The summed E-state index contributed by atoms with van der Waals surface area (Å²) in [7, 11) is -3.88.